The quantitative estimate of drug-likeness (QED) is 0.440. The van der Waals surface area contributed by atoms with E-state index in [-0.39, 0.29) is 13.3 Å². The Labute approximate surface area is 126 Å². The van der Waals surface area contributed by atoms with Crippen molar-refractivity contribution in [2.45, 2.75) is 24.5 Å². The van der Waals surface area contributed by atoms with Crippen molar-refractivity contribution in [1.82, 2.24) is 4.90 Å². The zero-order valence-electron chi connectivity index (χ0n) is 11.3. The molecule has 0 saturated carbocycles. The van der Waals surface area contributed by atoms with Crippen LogP contribution in [-0.4, -0.2) is 70.8 Å². The normalized spacial score (nSPS) is 35.6. The second-order valence-electron chi connectivity index (χ2n) is 4.55. The molecule has 2 rings (SSSR count). The molecule has 5 N–H and O–H groups in total. The number of ether oxygens (including phenoxy) is 1. The van der Waals surface area contributed by atoms with Crippen LogP contribution in [0.25, 0.3) is 0 Å². The van der Waals surface area contributed by atoms with Gasteiger partial charge in [0.05, 0.1) is 6.61 Å². The number of amidine groups is 1. The van der Waals surface area contributed by atoms with Crippen LogP contribution in [0.15, 0.2) is 17.3 Å². The standard InChI is InChI=1S/C10H18N3O6PS/c1-17-20(16,21)18-4-6-8(14)9(15)10(19-6)13-3-2-7(11)12-5-13/h2-3,6,8-10,14-15H,4-5H2,1H3,(H2,11,12)(H,16,21). The summed E-state index contributed by atoms with van der Waals surface area (Å²) in [5.41, 5.74) is 5.51. The van der Waals surface area contributed by atoms with E-state index < -0.39 is 31.3 Å². The van der Waals surface area contributed by atoms with Crippen LogP contribution in [0.5, 0.6) is 0 Å². The number of nitrogens with zero attached hydrogens (tertiary/aromatic N) is 2. The summed E-state index contributed by atoms with van der Waals surface area (Å²) < 4.78 is 15.2. The van der Waals surface area contributed by atoms with Gasteiger partial charge in [0.15, 0.2) is 6.23 Å². The summed E-state index contributed by atoms with van der Waals surface area (Å²) in [7, 11) is 1.23. The second-order valence-corrected chi connectivity index (χ2v) is 7.49. The van der Waals surface area contributed by atoms with Crippen LogP contribution in [0.3, 0.4) is 0 Å². The molecule has 0 aromatic carbocycles. The van der Waals surface area contributed by atoms with Gasteiger partial charge in [-0.3, -0.25) is 0 Å². The van der Waals surface area contributed by atoms with Crippen molar-refractivity contribution >= 4 is 24.4 Å². The number of aliphatic imine (C=N–C) groups is 1. The van der Waals surface area contributed by atoms with Gasteiger partial charge in [-0.15, -0.1) is 0 Å². The van der Waals surface area contributed by atoms with Crippen molar-refractivity contribution in [3.63, 3.8) is 0 Å². The third-order valence-corrected chi connectivity index (χ3v) is 4.85. The zero-order valence-corrected chi connectivity index (χ0v) is 13.0. The first kappa shape index (κ1) is 16.8. The van der Waals surface area contributed by atoms with Gasteiger partial charge in [-0.1, -0.05) is 0 Å². The predicted molar refractivity (Wildman–Crippen MR) is 77.6 cm³/mol. The highest BCUT2D eigenvalue weighted by Crippen LogP contribution is 2.43. The summed E-state index contributed by atoms with van der Waals surface area (Å²) in [5.74, 6) is 0.375. The number of hydrogen-bond donors (Lipinski definition) is 4. The molecule has 5 unspecified atom stereocenters. The minimum Gasteiger partial charge on any atom is -0.387 e. The molecular formula is C10H18N3O6PS. The molecule has 2 aliphatic heterocycles. The Balaban J connectivity index is 1.95. The van der Waals surface area contributed by atoms with Crippen molar-refractivity contribution < 1.29 is 28.9 Å². The summed E-state index contributed by atoms with van der Waals surface area (Å²) in [6, 6.07) is 0. The third-order valence-electron chi connectivity index (χ3n) is 3.15. The Morgan fingerprint density at radius 1 is 1.57 bits per heavy atom. The van der Waals surface area contributed by atoms with E-state index in [1.807, 2.05) is 0 Å². The molecule has 0 radical (unpaired) electrons. The number of aliphatic hydroxyl groups is 2. The first-order valence-electron chi connectivity index (χ1n) is 6.12. The lowest BCUT2D eigenvalue weighted by Crippen LogP contribution is -2.43. The smallest absolute Gasteiger partial charge is 0.324 e. The maximum Gasteiger partial charge on any atom is 0.324 e. The van der Waals surface area contributed by atoms with Crippen molar-refractivity contribution in [2.24, 2.45) is 10.7 Å². The fourth-order valence-electron chi connectivity index (χ4n) is 1.96. The largest absolute Gasteiger partial charge is 0.387 e. The first-order valence-corrected chi connectivity index (χ1v) is 8.71. The average molecular weight is 339 g/mol. The Bertz CT molecular complexity index is 489. The molecule has 0 aromatic rings. The first-order chi connectivity index (χ1) is 9.84. The summed E-state index contributed by atoms with van der Waals surface area (Å²) in [6.45, 7) is -3.32. The van der Waals surface area contributed by atoms with Gasteiger partial charge >= 0.3 is 6.72 Å². The molecule has 1 fully saturated rings. The Morgan fingerprint density at radius 2 is 2.29 bits per heavy atom. The minimum atomic E-state index is -3.34. The van der Waals surface area contributed by atoms with E-state index in [0.717, 1.165) is 0 Å². The molecular weight excluding hydrogens is 321 g/mol. The highest BCUT2D eigenvalue weighted by molar-refractivity contribution is 8.07. The van der Waals surface area contributed by atoms with Crippen molar-refractivity contribution in [2.75, 3.05) is 20.4 Å². The van der Waals surface area contributed by atoms with Crippen molar-refractivity contribution in [1.29, 1.82) is 0 Å². The lowest BCUT2D eigenvalue weighted by Gasteiger charge is -2.29. The lowest BCUT2D eigenvalue weighted by atomic mass is 10.1. The highest BCUT2D eigenvalue weighted by Gasteiger charge is 2.45. The van der Waals surface area contributed by atoms with Gasteiger partial charge in [0.2, 0.25) is 0 Å². The van der Waals surface area contributed by atoms with Crippen molar-refractivity contribution in [3.05, 3.63) is 12.3 Å². The molecule has 11 heteroatoms. The van der Waals surface area contributed by atoms with Crippen molar-refractivity contribution in [3.8, 4) is 0 Å². The van der Waals surface area contributed by atoms with E-state index in [4.69, 9.17) is 15.0 Å². The van der Waals surface area contributed by atoms with Gasteiger partial charge in [-0.25, -0.2) is 4.99 Å². The third kappa shape index (κ3) is 3.99. The van der Waals surface area contributed by atoms with E-state index in [1.54, 1.807) is 17.2 Å². The summed E-state index contributed by atoms with van der Waals surface area (Å²) in [5, 5.41) is 20.0. The van der Waals surface area contributed by atoms with E-state index >= 15 is 0 Å². The molecule has 0 aliphatic carbocycles. The number of aliphatic hydroxyl groups excluding tert-OH is 2. The molecule has 1 saturated heterocycles. The van der Waals surface area contributed by atoms with E-state index in [9.17, 15) is 15.1 Å². The Kier molecular flexibility index (Phi) is 5.33. The van der Waals surface area contributed by atoms with Crippen LogP contribution in [0.2, 0.25) is 0 Å². The van der Waals surface area contributed by atoms with Crippen LogP contribution < -0.4 is 5.73 Å². The monoisotopic (exact) mass is 339 g/mol. The zero-order chi connectivity index (χ0) is 15.6. The molecule has 21 heavy (non-hydrogen) atoms. The number of rotatable bonds is 5. The molecule has 0 bridgehead atoms. The van der Waals surface area contributed by atoms with Gasteiger partial charge in [-0.2, -0.15) is 0 Å². The summed E-state index contributed by atoms with van der Waals surface area (Å²) in [6.07, 6.45) is -0.783. The number of hydrogen-bond acceptors (Lipinski definition) is 9. The molecule has 5 atom stereocenters. The van der Waals surface area contributed by atoms with Crippen LogP contribution in [0, 0.1) is 0 Å². The fourth-order valence-corrected chi connectivity index (χ4v) is 2.59. The molecule has 0 spiro atoms. The van der Waals surface area contributed by atoms with Crippen LogP contribution in [-0.2, 0) is 25.6 Å². The minimum absolute atomic E-state index is 0.195. The summed E-state index contributed by atoms with van der Waals surface area (Å²) >= 11 is 4.68. The average Bonchev–Trinajstić information content (AvgIpc) is 2.74. The second kappa shape index (κ2) is 6.67. The fraction of sp³-hybridized carbons (Fsp3) is 0.700. The molecule has 0 aromatic heterocycles. The molecule has 120 valence electrons. The maximum absolute atomic E-state index is 10.0. The van der Waals surface area contributed by atoms with Gasteiger partial charge in [0.1, 0.15) is 30.8 Å². The van der Waals surface area contributed by atoms with Gasteiger partial charge in [-0.05, 0) is 17.9 Å². The molecule has 0 amide bonds. The Hall–Kier alpha value is -0.580. The van der Waals surface area contributed by atoms with Gasteiger partial charge in [0, 0.05) is 13.3 Å². The highest BCUT2D eigenvalue weighted by atomic mass is 32.5. The predicted octanol–water partition coefficient (Wildman–Crippen LogP) is -1.54. The van der Waals surface area contributed by atoms with Gasteiger partial charge < -0.3 is 39.5 Å². The number of nitrogens with two attached hydrogens (primary N) is 1. The molecule has 2 heterocycles. The van der Waals surface area contributed by atoms with E-state index in [1.165, 1.54) is 7.11 Å². The SMILES string of the molecule is COP(O)(=S)OCC1OC(N2C=CC(N)=NC2)C(O)C1O. The lowest BCUT2D eigenvalue weighted by molar-refractivity contribution is -0.0776. The molecule has 2 aliphatic rings. The van der Waals surface area contributed by atoms with Gasteiger partial charge in [0.25, 0.3) is 0 Å². The van der Waals surface area contributed by atoms with Crippen LogP contribution in [0.4, 0.5) is 0 Å². The van der Waals surface area contributed by atoms with E-state index in [0.29, 0.717) is 5.84 Å². The molecule has 9 nitrogen and oxygen atoms in total. The Morgan fingerprint density at radius 3 is 2.86 bits per heavy atom. The topological polar surface area (TPSA) is 130 Å². The van der Waals surface area contributed by atoms with E-state index in [2.05, 4.69) is 21.3 Å². The van der Waals surface area contributed by atoms with Crippen LogP contribution >= 0.6 is 6.72 Å². The summed E-state index contributed by atoms with van der Waals surface area (Å²) in [4.78, 5) is 15.1. The van der Waals surface area contributed by atoms with Crippen LogP contribution in [0.1, 0.15) is 0 Å². The maximum atomic E-state index is 10.0.